The van der Waals surface area contributed by atoms with Crippen molar-refractivity contribution in [1.82, 2.24) is 10.6 Å². The number of carbonyl (C=O) groups excluding carboxylic acids is 1. The van der Waals surface area contributed by atoms with Crippen LogP contribution in [0, 0.1) is 0 Å². The summed E-state index contributed by atoms with van der Waals surface area (Å²) in [6.07, 6.45) is 12.5. The summed E-state index contributed by atoms with van der Waals surface area (Å²) >= 11 is 0. The van der Waals surface area contributed by atoms with Gasteiger partial charge in [0.25, 0.3) is 0 Å². The van der Waals surface area contributed by atoms with Gasteiger partial charge in [-0.2, -0.15) is 0 Å². The van der Waals surface area contributed by atoms with Crippen LogP contribution >= 0.6 is 0 Å². The van der Waals surface area contributed by atoms with Gasteiger partial charge in [0, 0.05) is 12.1 Å². The number of hydrogen-bond acceptors (Lipinski definition) is 3. The van der Waals surface area contributed by atoms with Crippen molar-refractivity contribution >= 4 is 5.91 Å². The summed E-state index contributed by atoms with van der Waals surface area (Å²) in [5.74, 6) is 0.0427. The molecule has 1 fully saturated rings. The van der Waals surface area contributed by atoms with Gasteiger partial charge < -0.3 is 15.7 Å². The third-order valence-corrected chi connectivity index (χ3v) is 4.64. The molecule has 2 aliphatic carbocycles. The van der Waals surface area contributed by atoms with Crippen molar-refractivity contribution in [2.24, 2.45) is 0 Å². The van der Waals surface area contributed by atoms with E-state index in [9.17, 15) is 9.90 Å². The first-order valence-corrected chi connectivity index (χ1v) is 8.05. The summed E-state index contributed by atoms with van der Waals surface area (Å²) in [4.78, 5) is 11.8. The Labute approximate surface area is 122 Å². The number of allylic oxidation sites excluding steroid dienone is 1. The molecule has 0 saturated heterocycles. The maximum atomic E-state index is 11.8. The molecule has 0 aromatic carbocycles. The largest absolute Gasteiger partial charge is 0.394 e. The molecule has 4 nitrogen and oxygen atoms in total. The zero-order chi connectivity index (χ0) is 14.3. The molecule has 2 rings (SSSR count). The molecule has 0 spiro atoms. The molecular weight excluding hydrogens is 252 g/mol. The van der Waals surface area contributed by atoms with Crippen LogP contribution in [0.3, 0.4) is 0 Å². The third kappa shape index (κ3) is 4.60. The summed E-state index contributed by atoms with van der Waals surface area (Å²) in [6.45, 7) is 1.19. The van der Waals surface area contributed by atoms with E-state index in [2.05, 4.69) is 16.7 Å². The van der Waals surface area contributed by atoms with Gasteiger partial charge in [-0.25, -0.2) is 0 Å². The van der Waals surface area contributed by atoms with Crippen LogP contribution in [-0.4, -0.2) is 36.2 Å². The highest BCUT2D eigenvalue weighted by Gasteiger charge is 2.32. The first kappa shape index (κ1) is 15.5. The second kappa shape index (κ2) is 7.79. The fourth-order valence-corrected chi connectivity index (χ4v) is 3.27. The molecule has 0 aromatic rings. The zero-order valence-electron chi connectivity index (χ0n) is 12.4. The Balaban J connectivity index is 1.61. The van der Waals surface area contributed by atoms with E-state index >= 15 is 0 Å². The van der Waals surface area contributed by atoms with Crippen LogP contribution in [0.4, 0.5) is 0 Å². The molecule has 0 heterocycles. The van der Waals surface area contributed by atoms with E-state index in [1.165, 1.54) is 31.3 Å². The van der Waals surface area contributed by atoms with Crippen LogP contribution in [0.5, 0.6) is 0 Å². The fraction of sp³-hybridized carbons (Fsp3) is 0.812. The van der Waals surface area contributed by atoms with Crippen molar-refractivity contribution < 1.29 is 9.90 Å². The number of aliphatic hydroxyl groups excluding tert-OH is 1. The van der Waals surface area contributed by atoms with Crippen molar-refractivity contribution in [1.29, 1.82) is 0 Å². The predicted molar refractivity (Wildman–Crippen MR) is 80.5 cm³/mol. The molecule has 0 radical (unpaired) electrons. The molecule has 114 valence electrons. The summed E-state index contributed by atoms with van der Waals surface area (Å²) < 4.78 is 0. The standard InChI is InChI=1S/C16H28N2O2/c19-13-16(9-4-5-10-16)18-12-15(20)17-11-8-14-6-2-1-3-7-14/h6,18-19H,1-5,7-13H2,(H,17,20). The summed E-state index contributed by atoms with van der Waals surface area (Å²) in [5.41, 5.74) is 1.29. The van der Waals surface area contributed by atoms with Gasteiger partial charge in [0.05, 0.1) is 13.2 Å². The lowest BCUT2D eigenvalue weighted by atomic mass is 9.97. The smallest absolute Gasteiger partial charge is 0.233 e. The normalized spacial score (nSPS) is 21.6. The molecular formula is C16H28N2O2. The maximum absolute atomic E-state index is 11.8. The lowest BCUT2D eigenvalue weighted by Gasteiger charge is -2.27. The Morgan fingerprint density at radius 2 is 2.05 bits per heavy atom. The van der Waals surface area contributed by atoms with Gasteiger partial charge in [-0.15, -0.1) is 0 Å². The molecule has 20 heavy (non-hydrogen) atoms. The van der Waals surface area contributed by atoms with E-state index in [1.807, 2.05) is 0 Å². The van der Waals surface area contributed by atoms with E-state index in [0.717, 1.165) is 38.6 Å². The average Bonchev–Trinajstić information content (AvgIpc) is 2.96. The Hall–Kier alpha value is -0.870. The highest BCUT2D eigenvalue weighted by molar-refractivity contribution is 5.78. The molecule has 2 aliphatic rings. The number of aliphatic hydroxyl groups is 1. The number of rotatable bonds is 7. The van der Waals surface area contributed by atoms with Gasteiger partial charge in [-0.05, 0) is 44.9 Å². The molecule has 3 N–H and O–H groups in total. The number of amides is 1. The maximum Gasteiger partial charge on any atom is 0.233 e. The number of carbonyl (C=O) groups is 1. The van der Waals surface area contributed by atoms with Gasteiger partial charge in [-0.3, -0.25) is 4.79 Å². The van der Waals surface area contributed by atoms with Gasteiger partial charge in [0.1, 0.15) is 0 Å². The Morgan fingerprint density at radius 3 is 2.70 bits per heavy atom. The number of hydrogen-bond donors (Lipinski definition) is 3. The second-order valence-electron chi connectivity index (χ2n) is 6.21. The van der Waals surface area contributed by atoms with Crippen LogP contribution in [0.2, 0.25) is 0 Å². The summed E-state index contributed by atoms with van der Waals surface area (Å²) in [6, 6.07) is 0. The lowest BCUT2D eigenvalue weighted by Crippen LogP contribution is -2.50. The highest BCUT2D eigenvalue weighted by atomic mass is 16.3. The molecule has 0 unspecified atom stereocenters. The first-order valence-electron chi connectivity index (χ1n) is 8.05. The van der Waals surface area contributed by atoms with Crippen molar-refractivity contribution in [3.63, 3.8) is 0 Å². The van der Waals surface area contributed by atoms with Gasteiger partial charge >= 0.3 is 0 Å². The molecule has 1 amide bonds. The quantitative estimate of drug-likeness (QED) is 0.624. The highest BCUT2D eigenvalue weighted by Crippen LogP contribution is 2.28. The van der Waals surface area contributed by atoms with Crippen molar-refractivity contribution in [2.75, 3.05) is 19.7 Å². The SMILES string of the molecule is O=C(CNC1(CO)CCCC1)NCCC1=CCCCC1. The molecule has 0 bridgehead atoms. The molecule has 0 aromatic heterocycles. The minimum absolute atomic E-state index is 0.0427. The van der Waals surface area contributed by atoms with Gasteiger partial charge in [0.15, 0.2) is 0 Å². The molecule has 0 atom stereocenters. The Bertz CT molecular complexity index is 346. The van der Waals surface area contributed by atoms with Crippen LogP contribution in [0.25, 0.3) is 0 Å². The van der Waals surface area contributed by atoms with E-state index in [-0.39, 0.29) is 18.1 Å². The van der Waals surface area contributed by atoms with Crippen LogP contribution in [0.15, 0.2) is 11.6 Å². The van der Waals surface area contributed by atoms with Crippen LogP contribution < -0.4 is 10.6 Å². The molecule has 1 saturated carbocycles. The van der Waals surface area contributed by atoms with Crippen LogP contribution in [-0.2, 0) is 4.79 Å². The molecule has 0 aliphatic heterocycles. The minimum atomic E-state index is -0.205. The van der Waals surface area contributed by atoms with Crippen molar-refractivity contribution in [2.45, 2.75) is 63.3 Å². The van der Waals surface area contributed by atoms with Gasteiger partial charge in [0.2, 0.25) is 5.91 Å². The topological polar surface area (TPSA) is 61.4 Å². The third-order valence-electron chi connectivity index (χ3n) is 4.64. The Kier molecular flexibility index (Phi) is 6.05. The van der Waals surface area contributed by atoms with Gasteiger partial charge in [-0.1, -0.05) is 24.5 Å². The minimum Gasteiger partial charge on any atom is -0.394 e. The monoisotopic (exact) mass is 280 g/mol. The zero-order valence-corrected chi connectivity index (χ0v) is 12.4. The second-order valence-corrected chi connectivity index (χ2v) is 6.21. The Morgan fingerprint density at radius 1 is 1.25 bits per heavy atom. The molecule has 4 heteroatoms. The lowest BCUT2D eigenvalue weighted by molar-refractivity contribution is -0.120. The van der Waals surface area contributed by atoms with Crippen molar-refractivity contribution in [3.8, 4) is 0 Å². The van der Waals surface area contributed by atoms with E-state index in [4.69, 9.17) is 0 Å². The predicted octanol–water partition coefficient (Wildman–Crippen LogP) is 1.89. The number of nitrogens with one attached hydrogen (secondary N) is 2. The summed E-state index contributed by atoms with van der Waals surface area (Å²) in [7, 11) is 0. The van der Waals surface area contributed by atoms with E-state index < -0.39 is 0 Å². The fourth-order valence-electron chi connectivity index (χ4n) is 3.27. The average molecular weight is 280 g/mol. The van der Waals surface area contributed by atoms with Crippen LogP contribution in [0.1, 0.15) is 57.8 Å². The van der Waals surface area contributed by atoms with E-state index in [1.54, 1.807) is 0 Å². The van der Waals surface area contributed by atoms with Crippen molar-refractivity contribution in [3.05, 3.63) is 11.6 Å². The summed E-state index contributed by atoms with van der Waals surface area (Å²) in [5, 5.41) is 15.7. The van der Waals surface area contributed by atoms with E-state index in [0.29, 0.717) is 6.54 Å². The first-order chi connectivity index (χ1) is 9.74.